The summed E-state index contributed by atoms with van der Waals surface area (Å²) in [5, 5.41) is 0. The second kappa shape index (κ2) is 15.0. The van der Waals surface area contributed by atoms with E-state index in [1.807, 2.05) is 24.3 Å². The topological polar surface area (TPSA) is 26.3 Å². The van der Waals surface area contributed by atoms with Gasteiger partial charge in [0.25, 0.3) is 0 Å². The quantitative estimate of drug-likeness (QED) is 0.231. The van der Waals surface area contributed by atoms with Crippen molar-refractivity contribution >= 4 is 5.78 Å². The van der Waals surface area contributed by atoms with Gasteiger partial charge in [-0.1, -0.05) is 96.1 Å². The molecule has 2 nitrogen and oxygen atoms in total. The van der Waals surface area contributed by atoms with Crippen LogP contribution in [0.15, 0.2) is 24.3 Å². The molecule has 0 aliphatic rings. The first-order valence-corrected chi connectivity index (χ1v) is 10.5. The van der Waals surface area contributed by atoms with E-state index >= 15 is 0 Å². The number of benzene rings is 1. The third-order valence-electron chi connectivity index (χ3n) is 4.77. The van der Waals surface area contributed by atoms with Crippen molar-refractivity contribution in [1.82, 2.24) is 0 Å². The van der Waals surface area contributed by atoms with Gasteiger partial charge in [-0.2, -0.15) is 0 Å². The van der Waals surface area contributed by atoms with Gasteiger partial charge in [-0.25, -0.2) is 0 Å². The number of ketones is 1. The third kappa shape index (κ3) is 11.0. The Morgan fingerprint density at radius 3 is 1.76 bits per heavy atom. The molecular weight excluding hydrogens is 308 g/mol. The Labute approximate surface area is 155 Å². The molecule has 1 aromatic carbocycles. The van der Waals surface area contributed by atoms with E-state index in [-0.39, 0.29) is 5.78 Å². The lowest BCUT2D eigenvalue weighted by atomic mass is 10.0. The molecule has 1 aromatic rings. The summed E-state index contributed by atoms with van der Waals surface area (Å²) < 4.78 is 5.78. The Morgan fingerprint density at radius 2 is 1.24 bits per heavy atom. The SMILES string of the molecule is CCCCCCCCCCCCCCCOc1ccccc1C(C)=O. The molecule has 0 radical (unpaired) electrons. The van der Waals surface area contributed by atoms with Crippen molar-refractivity contribution in [2.75, 3.05) is 6.61 Å². The van der Waals surface area contributed by atoms with E-state index < -0.39 is 0 Å². The lowest BCUT2D eigenvalue weighted by Crippen LogP contribution is -2.02. The number of para-hydroxylation sites is 1. The van der Waals surface area contributed by atoms with Gasteiger partial charge < -0.3 is 4.74 Å². The zero-order chi connectivity index (χ0) is 18.2. The number of hydrogen-bond donors (Lipinski definition) is 0. The highest BCUT2D eigenvalue weighted by Crippen LogP contribution is 2.19. The average Bonchev–Trinajstić information content (AvgIpc) is 2.62. The molecule has 0 aliphatic heterocycles. The fraction of sp³-hybridized carbons (Fsp3) is 0.696. The predicted molar refractivity (Wildman–Crippen MR) is 108 cm³/mol. The predicted octanol–water partition coefficient (Wildman–Crippen LogP) is 7.36. The van der Waals surface area contributed by atoms with Gasteiger partial charge in [-0.05, 0) is 25.5 Å². The van der Waals surface area contributed by atoms with Crippen LogP contribution in [0.2, 0.25) is 0 Å². The summed E-state index contributed by atoms with van der Waals surface area (Å²) in [6, 6.07) is 7.53. The van der Waals surface area contributed by atoms with Crippen LogP contribution in [0.25, 0.3) is 0 Å². The Bertz CT molecular complexity index is 453. The number of unbranched alkanes of at least 4 members (excludes halogenated alkanes) is 12. The zero-order valence-electron chi connectivity index (χ0n) is 16.5. The normalized spacial score (nSPS) is 10.8. The van der Waals surface area contributed by atoms with Gasteiger partial charge in [-0.15, -0.1) is 0 Å². The number of carbonyl (C=O) groups excluding carboxylic acids is 1. The van der Waals surface area contributed by atoms with Crippen molar-refractivity contribution in [2.45, 2.75) is 97.3 Å². The Morgan fingerprint density at radius 1 is 0.760 bits per heavy atom. The van der Waals surface area contributed by atoms with Crippen LogP contribution in [-0.4, -0.2) is 12.4 Å². The van der Waals surface area contributed by atoms with E-state index in [2.05, 4.69) is 6.92 Å². The third-order valence-corrected chi connectivity index (χ3v) is 4.77. The summed E-state index contributed by atoms with van der Waals surface area (Å²) in [7, 11) is 0. The van der Waals surface area contributed by atoms with E-state index in [0.29, 0.717) is 12.2 Å². The molecule has 0 spiro atoms. The summed E-state index contributed by atoms with van der Waals surface area (Å²) in [6.07, 6.45) is 17.6. The molecule has 142 valence electrons. The van der Waals surface area contributed by atoms with Gasteiger partial charge >= 0.3 is 0 Å². The van der Waals surface area contributed by atoms with Crippen molar-refractivity contribution < 1.29 is 9.53 Å². The minimum absolute atomic E-state index is 0.0703. The van der Waals surface area contributed by atoms with Crippen molar-refractivity contribution in [1.29, 1.82) is 0 Å². The molecule has 0 saturated carbocycles. The second-order valence-electron chi connectivity index (χ2n) is 7.14. The highest BCUT2D eigenvalue weighted by Gasteiger charge is 2.06. The molecule has 0 unspecified atom stereocenters. The molecule has 0 heterocycles. The van der Waals surface area contributed by atoms with Gasteiger partial charge in [-0.3, -0.25) is 4.79 Å². The maximum absolute atomic E-state index is 11.5. The summed E-state index contributed by atoms with van der Waals surface area (Å²) in [5.41, 5.74) is 0.692. The lowest BCUT2D eigenvalue weighted by Gasteiger charge is -2.09. The van der Waals surface area contributed by atoms with Crippen molar-refractivity contribution in [3.63, 3.8) is 0 Å². The summed E-state index contributed by atoms with van der Waals surface area (Å²) in [6.45, 7) is 4.58. The summed E-state index contributed by atoms with van der Waals surface area (Å²) >= 11 is 0. The number of ether oxygens (including phenoxy) is 1. The van der Waals surface area contributed by atoms with Gasteiger partial charge in [0.05, 0.1) is 12.2 Å². The van der Waals surface area contributed by atoms with E-state index in [9.17, 15) is 4.79 Å². The largest absolute Gasteiger partial charge is 0.493 e. The molecule has 0 amide bonds. The van der Waals surface area contributed by atoms with E-state index in [1.54, 1.807) is 6.92 Å². The standard InChI is InChI=1S/C23H38O2/c1-3-4-5-6-7-8-9-10-11-12-13-14-17-20-25-23-19-16-15-18-22(23)21(2)24/h15-16,18-19H,3-14,17,20H2,1-2H3. The highest BCUT2D eigenvalue weighted by atomic mass is 16.5. The number of Topliss-reactive ketones (excluding diaryl/α,β-unsaturated/α-hetero) is 1. The first-order chi connectivity index (χ1) is 12.3. The smallest absolute Gasteiger partial charge is 0.163 e. The van der Waals surface area contributed by atoms with Crippen LogP contribution in [0.4, 0.5) is 0 Å². The monoisotopic (exact) mass is 346 g/mol. The van der Waals surface area contributed by atoms with Gasteiger partial charge in [0.1, 0.15) is 5.75 Å². The molecule has 25 heavy (non-hydrogen) atoms. The maximum atomic E-state index is 11.5. The summed E-state index contributed by atoms with van der Waals surface area (Å²) in [5.74, 6) is 0.801. The number of hydrogen-bond acceptors (Lipinski definition) is 2. The van der Waals surface area contributed by atoms with Crippen LogP contribution in [0.1, 0.15) is 108 Å². The molecular formula is C23H38O2. The van der Waals surface area contributed by atoms with Crippen LogP contribution in [-0.2, 0) is 0 Å². The first kappa shape index (κ1) is 21.7. The van der Waals surface area contributed by atoms with E-state index in [1.165, 1.54) is 77.0 Å². The molecule has 1 rings (SSSR count). The van der Waals surface area contributed by atoms with Crippen LogP contribution < -0.4 is 4.74 Å². The molecule has 0 N–H and O–H groups in total. The first-order valence-electron chi connectivity index (χ1n) is 10.5. The molecule has 0 atom stereocenters. The molecule has 0 fully saturated rings. The minimum atomic E-state index is 0.0703. The van der Waals surface area contributed by atoms with Gasteiger partial charge in [0.2, 0.25) is 0 Å². The molecule has 0 aromatic heterocycles. The lowest BCUT2D eigenvalue weighted by molar-refractivity contribution is 0.101. The van der Waals surface area contributed by atoms with Gasteiger partial charge in [0, 0.05) is 0 Å². The maximum Gasteiger partial charge on any atom is 0.163 e. The minimum Gasteiger partial charge on any atom is -0.493 e. The Hall–Kier alpha value is -1.31. The zero-order valence-corrected chi connectivity index (χ0v) is 16.5. The van der Waals surface area contributed by atoms with E-state index in [4.69, 9.17) is 4.74 Å². The fourth-order valence-electron chi connectivity index (χ4n) is 3.19. The second-order valence-corrected chi connectivity index (χ2v) is 7.14. The van der Waals surface area contributed by atoms with Crippen molar-refractivity contribution in [3.8, 4) is 5.75 Å². The van der Waals surface area contributed by atoms with Crippen LogP contribution in [0, 0.1) is 0 Å². The molecule has 0 aliphatic carbocycles. The Kier molecular flexibility index (Phi) is 13.0. The average molecular weight is 347 g/mol. The van der Waals surface area contributed by atoms with Crippen molar-refractivity contribution in [3.05, 3.63) is 29.8 Å². The van der Waals surface area contributed by atoms with Gasteiger partial charge in [0.15, 0.2) is 5.78 Å². The highest BCUT2D eigenvalue weighted by molar-refractivity contribution is 5.96. The Balaban J connectivity index is 1.90. The molecule has 2 heteroatoms. The number of carbonyl (C=O) groups is 1. The fourth-order valence-corrected chi connectivity index (χ4v) is 3.19. The van der Waals surface area contributed by atoms with Crippen LogP contribution in [0.3, 0.4) is 0 Å². The molecule has 0 bridgehead atoms. The van der Waals surface area contributed by atoms with Crippen LogP contribution >= 0.6 is 0 Å². The van der Waals surface area contributed by atoms with E-state index in [0.717, 1.165) is 12.2 Å². The van der Waals surface area contributed by atoms with Crippen molar-refractivity contribution in [2.24, 2.45) is 0 Å². The molecule has 0 saturated heterocycles. The summed E-state index contributed by atoms with van der Waals surface area (Å²) in [4.78, 5) is 11.5. The number of rotatable bonds is 16. The van der Waals surface area contributed by atoms with Crippen LogP contribution in [0.5, 0.6) is 5.75 Å².